The molecule has 116 valence electrons. The van der Waals surface area contributed by atoms with Crippen molar-refractivity contribution in [3.8, 4) is 0 Å². The topological polar surface area (TPSA) is 46.6 Å². The summed E-state index contributed by atoms with van der Waals surface area (Å²) in [6.45, 7) is 2.36. The fourth-order valence-corrected chi connectivity index (χ4v) is 3.09. The molecule has 0 saturated heterocycles. The van der Waals surface area contributed by atoms with Gasteiger partial charge in [-0.3, -0.25) is 9.59 Å². The van der Waals surface area contributed by atoms with E-state index >= 15 is 0 Å². The molecule has 4 nitrogen and oxygen atoms in total. The summed E-state index contributed by atoms with van der Waals surface area (Å²) in [6.07, 6.45) is 0. The van der Waals surface area contributed by atoms with E-state index in [-0.39, 0.29) is 17.8 Å². The maximum absolute atomic E-state index is 12.1. The summed E-state index contributed by atoms with van der Waals surface area (Å²) in [5.74, 6) is 0.564. The van der Waals surface area contributed by atoms with E-state index in [1.165, 1.54) is 18.9 Å². The van der Waals surface area contributed by atoms with E-state index in [1.807, 2.05) is 24.3 Å². The minimum atomic E-state index is -0.239. The van der Waals surface area contributed by atoms with Gasteiger partial charge in [0.15, 0.2) is 0 Å². The SMILES string of the molecule is COC(=O)C(C)CSCC(=O)N(C)Cc1ccccc1Br. The lowest BCUT2D eigenvalue weighted by Crippen LogP contribution is -2.28. The van der Waals surface area contributed by atoms with Gasteiger partial charge in [-0.05, 0) is 11.6 Å². The van der Waals surface area contributed by atoms with Gasteiger partial charge in [-0.1, -0.05) is 41.1 Å². The number of ether oxygens (including phenoxy) is 1. The van der Waals surface area contributed by atoms with E-state index in [4.69, 9.17) is 0 Å². The first-order valence-electron chi connectivity index (χ1n) is 6.58. The van der Waals surface area contributed by atoms with Gasteiger partial charge in [0.05, 0.1) is 18.8 Å². The largest absolute Gasteiger partial charge is 0.469 e. The van der Waals surface area contributed by atoms with Crippen LogP contribution in [0.15, 0.2) is 28.7 Å². The van der Waals surface area contributed by atoms with Crippen LogP contribution in [0.2, 0.25) is 0 Å². The number of carbonyl (C=O) groups is 2. The summed E-state index contributed by atoms with van der Waals surface area (Å²) in [5, 5.41) is 0. The highest BCUT2D eigenvalue weighted by Gasteiger charge is 2.15. The Balaban J connectivity index is 2.38. The lowest BCUT2D eigenvalue weighted by atomic mass is 10.2. The van der Waals surface area contributed by atoms with Crippen LogP contribution in [0, 0.1) is 5.92 Å². The van der Waals surface area contributed by atoms with Gasteiger partial charge < -0.3 is 9.64 Å². The molecule has 21 heavy (non-hydrogen) atoms. The molecule has 6 heteroatoms. The quantitative estimate of drug-likeness (QED) is 0.689. The Morgan fingerprint density at radius 2 is 2.05 bits per heavy atom. The molecule has 0 bridgehead atoms. The van der Waals surface area contributed by atoms with Crippen LogP contribution >= 0.6 is 27.7 Å². The average Bonchev–Trinajstić information content (AvgIpc) is 2.48. The van der Waals surface area contributed by atoms with Crippen LogP contribution < -0.4 is 0 Å². The van der Waals surface area contributed by atoms with Crippen molar-refractivity contribution in [1.29, 1.82) is 0 Å². The van der Waals surface area contributed by atoms with Crippen LogP contribution in [0.5, 0.6) is 0 Å². The van der Waals surface area contributed by atoms with Crippen molar-refractivity contribution in [2.24, 2.45) is 5.92 Å². The van der Waals surface area contributed by atoms with Crippen molar-refractivity contribution < 1.29 is 14.3 Å². The van der Waals surface area contributed by atoms with E-state index in [9.17, 15) is 9.59 Å². The Labute approximate surface area is 138 Å². The third-order valence-corrected chi connectivity index (χ3v) is 4.95. The van der Waals surface area contributed by atoms with E-state index in [0.29, 0.717) is 18.1 Å². The van der Waals surface area contributed by atoms with Gasteiger partial charge in [-0.25, -0.2) is 0 Å². The number of hydrogen-bond acceptors (Lipinski definition) is 4. The molecule has 0 aliphatic carbocycles. The van der Waals surface area contributed by atoms with Crippen LogP contribution in [0.3, 0.4) is 0 Å². The Morgan fingerprint density at radius 1 is 1.38 bits per heavy atom. The number of esters is 1. The van der Waals surface area contributed by atoms with Crippen LogP contribution in [-0.4, -0.2) is 42.4 Å². The van der Waals surface area contributed by atoms with Crippen LogP contribution in [0.1, 0.15) is 12.5 Å². The number of hydrogen-bond donors (Lipinski definition) is 0. The molecule has 1 rings (SSSR count). The third-order valence-electron chi connectivity index (χ3n) is 2.99. The van der Waals surface area contributed by atoms with Crippen molar-refractivity contribution in [2.45, 2.75) is 13.5 Å². The highest BCUT2D eigenvalue weighted by atomic mass is 79.9. The van der Waals surface area contributed by atoms with Crippen molar-refractivity contribution in [3.63, 3.8) is 0 Å². The van der Waals surface area contributed by atoms with Gasteiger partial charge >= 0.3 is 5.97 Å². The highest BCUT2D eigenvalue weighted by molar-refractivity contribution is 9.10. The molecule has 0 spiro atoms. The average molecular weight is 374 g/mol. The zero-order chi connectivity index (χ0) is 15.8. The molecule has 0 aromatic heterocycles. The molecule has 0 N–H and O–H groups in total. The monoisotopic (exact) mass is 373 g/mol. The molecule has 0 radical (unpaired) electrons. The molecule has 0 saturated carbocycles. The lowest BCUT2D eigenvalue weighted by molar-refractivity contribution is -0.144. The van der Waals surface area contributed by atoms with Crippen molar-refractivity contribution in [1.82, 2.24) is 4.90 Å². The maximum Gasteiger partial charge on any atom is 0.309 e. The Bertz CT molecular complexity index is 496. The van der Waals surface area contributed by atoms with Crippen molar-refractivity contribution in [3.05, 3.63) is 34.3 Å². The molecule has 1 atom stereocenters. The molecule has 1 amide bonds. The van der Waals surface area contributed by atoms with E-state index in [2.05, 4.69) is 20.7 Å². The molecule has 0 aliphatic rings. The summed E-state index contributed by atoms with van der Waals surface area (Å²) in [6, 6.07) is 7.84. The molecule has 1 aromatic rings. The van der Waals surface area contributed by atoms with Crippen molar-refractivity contribution >= 4 is 39.6 Å². The van der Waals surface area contributed by atoms with Gasteiger partial charge in [0.25, 0.3) is 0 Å². The predicted octanol–water partition coefficient (Wildman–Crippen LogP) is 2.95. The number of benzene rings is 1. The fourth-order valence-electron chi connectivity index (χ4n) is 1.67. The molecule has 0 aliphatic heterocycles. The Hall–Kier alpha value is -1.01. The molecule has 0 heterocycles. The first-order chi connectivity index (χ1) is 9.95. The molecular formula is C15H20BrNO3S. The minimum absolute atomic E-state index is 0.0489. The van der Waals surface area contributed by atoms with Gasteiger partial charge in [-0.2, -0.15) is 11.8 Å². The van der Waals surface area contributed by atoms with E-state index in [1.54, 1.807) is 18.9 Å². The summed E-state index contributed by atoms with van der Waals surface area (Å²) in [5.41, 5.74) is 1.07. The number of methoxy groups -OCH3 is 1. The number of amides is 1. The van der Waals surface area contributed by atoms with E-state index in [0.717, 1.165) is 10.0 Å². The van der Waals surface area contributed by atoms with Gasteiger partial charge in [0.2, 0.25) is 5.91 Å². The van der Waals surface area contributed by atoms with Crippen LogP contribution in [0.4, 0.5) is 0 Å². The predicted molar refractivity (Wildman–Crippen MR) is 89.1 cm³/mol. The first-order valence-corrected chi connectivity index (χ1v) is 8.53. The van der Waals surface area contributed by atoms with Crippen LogP contribution in [-0.2, 0) is 20.9 Å². The van der Waals surface area contributed by atoms with Crippen molar-refractivity contribution in [2.75, 3.05) is 25.7 Å². The number of carbonyl (C=O) groups excluding carboxylic acids is 2. The third kappa shape index (κ3) is 6.09. The summed E-state index contributed by atoms with van der Waals surface area (Å²) >= 11 is 4.93. The molecule has 1 unspecified atom stereocenters. The highest BCUT2D eigenvalue weighted by Crippen LogP contribution is 2.18. The van der Waals surface area contributed by atoms with Gasteiger partial charge in [-0.15, -0.1) is 0 Å². The van der Waals surface area contributed by atoms with Gasteiger partial charge in [0.1, 0.15) is 0 Å². The second-order valence-electron chi connectivity index (χ2n) is 4.78. The number of rotatable bonds is 7. The van der Waals surface area contributed by atoms with Crippen LogP contribution in [0.25, 0.3) is 0 Å². The maximum atomic E-state index is 12.1. The second-order valence-corrected chi connectivity index (χ2v) is 6.67. The standard InChI is InChI=1S/C15H20BrNO3S/c1-11(15(19)20-3)9-21-10-14(18)17(2)8-12-6-4-5-7-13(12)16/h4-7,11H,8-10H2,1-3H3. The Kier molecular flexibility index (Phi) is 7.82. The zero-order valence-electron chi connectivity index (χ0n) is 12.5. The molecule has 0 fully saturated rings. The Morgan fingerprint density at radius 3 is 2.67 bits per heavy atom. The van der Waals surface area contributed by atoms with E-state index < -0.39 is 0 Å². The normalized spacial score (nSPS) is 11.8. The lowest BCUT2D eigenvalue weighted by Gasteiger charge is -2.18. The number of nitrogens with zero attached hydrogens (tertiary/aromatic N) is 1. The summed E-state index contributed by atoms with van der Waals surface area (Å²) < 4.78 is 5.65. The summed E-state index contributed by atoms with van der Waals surface area (Å²) in [4.78, 5) is 25.0. The fraction of sp³-hybridized carbons (Fsp3) is 0.467. The minimum Gasteiger partial charge on any atom is -0.469 e. The second kappa shape index (κ2) is 9.10. The smallest absolute Gasteiger partial charge is 0.309 e. The molecular weight excluding hydrogens is 354 g/mol. The first kappa shape index (κ1) is 18.0. The van der Waals surface area contributed by atoms with Gasteiger partial charge in [0, 0.05) is 23.8 Å². The summed E-state index contributed by atoms with van der Waals surface area (Å²) in [7, 11) is 3.16. The zero-order valence-corrected chi connectivity index (χ0v) is 14.9. The number of halogens is 1. The number of thioether (sulfide) groups is 1. The molecule has 1 aromatic carbocycles.